The summed E-state index contributed by atoms with van der Waals surface area (Å²) in [6.45, 7) is 3.07. The van der Waals surface area contributed by atoms with Crippen molar-refractivity contribution in [3.05, 3.63) is 24.3 Å². The van der Waals surface area contributed by atoms with Crippen LogP contribution < -0.4 is 5.32 Å². The second-order valence-corrected chi connectivity index (χ2v) is 16.5. The smallest absolute Gasteiger partial charge is 0.394 e. The van der Waals surface area contributed by atoms with Crippen molar-refractivity contribution in [2.75, 3.05) is 13.2 Å². The monoisotopic (exact) mass is 822 g/mol. The summed E-state index contributed by atoms with van der Waals surface area (Å²) >= 11 is 0. The molecule has 1 aliphatic rings. The Morgan fingerprint density at radius 3 is 1.68 bits per heavy atom. The van der Waals surface area contributed by atoms with E-state index in [1.165, 1.54) is 109 Å². The van der Waals surface area contributed by atoms with Crippen molar-refractivity contribution in [2.45, 2.75) is 223 Å². The van der Waals surface area contributed by atoms with Gasteiger partial charge in [-0.2, -0.15) is 8.42 Å². The topological polar surface area (TPSA) is 212 Å². The summed E-state index contributed by atoms with van der Waals surface area (Å²) in [4.78, 5) is 13.0. The van der Waals surface area contributed by atoms with E-state index in [0.29, 0.717) is 12.8 Å². The summed E-state index contributed by atoms with van der Waals surface area (Å²) in [6.07, 6.45) is 24.6. The number of carbonyl (C=O) groups is 1. The highest BCUT2D eigenvalue weighted by molar-refractivity contribution is 7.80. The summed E-state index contributed by atoms with van der Waals surface area (Å²) in [5, 5.41) is 54.8. The van der Waals surface area contributed by atoms with Gasteiger partial charge in [-0.3, -0.25) is 9.35 Å². The Kier molecular flexibility index (Phi) is 31.3. The lowest BCUT2D eigenvalue weighted by Crippen LogP contribution is -2.61. The third-order valence-corrected chi connectivity index (χ3v) is 10.8. The Hall–Kier alpha value is -1.46. The molecule has 1 rings (SSSR count). The van der Waals surface area contributed by atoms with Crippen molar-refractivity contribution in [3.8, 4) is 0 Å². The Balaban J connectivity index is 2.46. The molecule has 1 saturated heterocycles. The molecule has 14 heteroatoms. The van der Waals surface area contributed by atoms with Gasteiger partial charge in [0.05, 0.1) is 25.4 Å². The molecule has 8 atom stereocenters. The van der Waals surface area contributed by atoms with Gasteiger partial charge in [-0.1, -0.05) is 173 Å². The van der Waals surface area contributed by atoms with Gasteiger partial charge in [-0.05, 0) is 25.7 Å². The molecule has 0 bridgehead atoms. The molecule has 1 aliphatic heterocycles. The molecular weight excluding hydrogens is 743 g/mol. The number of carbonyl (C=O) groups excluding carboxylic acids is 1. The number of nitrogens with one attached hydrogen (secondary N) is 1. The van der Waals surface area contributed by atoms with Crippen LogP contribution in [-0.2, 0) is 28.9 Å². The Bertz CT molecular complexity index is 1120. The van der Waals surface area contributed by atoms with E-state index in [2.05, 4.69) is 29.4 Å². The van der Waals surface area contributed by atoms with Crippen LogP contribution in [-0.4, -0.2) is 107 Å². The largest absolute Gasteiger partial charge is 0.397 e. The minimum absolute atomic E-state index is 0.240. The molecule has 1 fully saturated rings. The quantitative estimate of drug-likeness (QED) is 0.0199. The molecule has 0 saturated carbocycles. The first-order valence-electron chi connectivity index (χ1n) is 21.8. The number of aliphatic hydroxyl groups excluding tert-OH is 5. The maximum atomic E-state index is 13.0. The highest BCUT2D eigenvalue weighted by Gasteiger charge is 2.48. The average molecular weight is 822 g/mol. The standard InChI is InChI=1S/C42H79NO12S/c1-3-5-7-9-11-12-13-14-15-16-17-18-19-20-21-22-23-25-27-29-31-36(46)41(49)43-34(35(45)30-28-26-24-10-8-6-4-2)33-53-42-39(48)40(55-56(50,51)52)38(47)37(32-44)54-42/h8,10,28,30,34-40,42,44-48H,3-7,9,11-27,29,31-33H2,1-2H3,(H,43,49)(H,50,51,52)/b10-8+,30-28+. The maximum absolute atomic E-state index is 13.0. The highest BCUT2D eigenvalue weighted by atomic mass is 32.3. The van der Waals surface area contributed by atoms with E-state index in [1.54, 1.807) is 6.08 Å². The summed E-state index contributed by atoms with van der Waals surface area (Å²) in [7, 11) is -5.11. The lowest BCUT2D eigenvalue weighted by molar-refractivity contribution is -0.298. The van der Waals surface area contributed by atoms with Gasteiger partial charge in [0.2, 0.25) is 5.91 Å². The first-order valence-corrected chi connectivity index (χ1v) is 23.2. The number of ether oxygens (including phenoxy) is 2. The minimum atomic E-state index is -5.11. The van der Waals surface area contributed by atoms with E-state index in [9.17, 15) is 38.7 Å². The van der Waals surface area contributed by atoms with Gasteiger partial charge in [0.1, 0.15) is 30.5 Å². The number of unbranched alkanes of at least 4 members (excludes halogenated alkanes) is 21. The van der Waals surface area contributed by atoms with Crippen molar-refractivity contribution in [1.82, 2.24) is 5.32 Å². The van der Waals surface area contributed by atoms with Gasteiger partial charge in [0.25, 0.3) is 0 Å². The van der Waals surface area contributed by atoms with Crippen LogP contribution in [0.5, 0.6) is 0 Å². The van der Waals surface area contributed by atoms with Gasteiger partial charge < -0.3 is 40.3 Å². The predicted molar refractivity (Wildman–Crippen MR) is 219 cm³/mol. The molecular formula is C42H79NO12S. The molecule has 0 aromatic heterocycles. The van der Waals surface area contributed by atoms with Gasteiger partial charge in [0, 0.05) is 0 Å². The molecule has 7 N–H and O–H groups in total. The Morgan fingerprint density at radius 1 is 0.714 bits per heavy atom. The van der Waals surface area contributed by atoms with E-state index in [4.69, 9.17) is 14.0 Å². The SMILES string of the molecule is CCC/C=C/CC/C=C/C(O)C(COC1OC(CO)C(O)C(OS(=O)(=O)O)C1O)NC(=O)C(O)CCCCCCCCCCCCCCCCCCCCCC. The van der Waals surface area contributed by atoms with Crippen LogP contribution in [0.2, 0.25) is 0 Å². The number of allylic oxidation sites excluding steroid dienone is 3. The van der Waals surface area contributed by atoms with Crippen LogP contribution in [0, 0.1) is 0 Å². The normalized spacial score (nSPS) is 22.2. The number of rotatable bonds is 36. The summed E-state index contributed by atoms with van der Waals surface area (Å²) in [5.74, 6) is -0.715. The van der Waals surface area contributed by atoms with Crippen LogP contribution in [0.15, 0.2) is 24.3 Å². The number of hydrogen-bond donors (Lipinski definition) is 7. The molecule has 0 radical (unpaired) electrons. The number of hydrogen-bond acceptors (Lipinski definition) is 11. The fourth-order valence-corrected chi connectivity index (χ4v) is 7.35. The second-order valence-electron chi connectivity index (χ2n) is 15.4. The Morgan fingerprint density at radius 2 is 1.20 bits per heavy atom. The number of aliphatic hydroxyl groups is 5. The summed E-state index contributed by atoms with van der Waals surface area (Å²) in [6, 6.07) is -1.13. The first kappa shape index (κ1) is 52.6. The molecule has 8 unspecified atom stereocenters. The van der Waals surface area contributed by atoms with Crippen LogP contribution in [0.4, 0.5) is 0 Å². The maximum Gasteiger partial charge on any atom is 0.397 e. The van der Waals surface area contributed by atoms with E-state index in [-0.39, 0.29) is 6.42 Å². The first-order chi connectivity index (χ1) is 26.9. The van der Waals surface area contributed by atoms with Crippen LogP contribution in [0.3, 0.4) is 0 Å². The molecule has 1 heterocycles. The fourth-order valence-electron chi connectivity index (χ4n) is 6.84. The van der Waals surface area contributed by atoms with Crippen LogP contribution in [0.25, 0.3) is 0 Å². The summed E-state index contributed by atoms with van der Waals surface area (Å²) < 4.78 is 47.2. The van der Waals surface area contributed by atoms with Gasteiger partial charge >= 0.3 is 10.4 Å². The van der Waals surface area contributed by atoms with Gasteiger partial charge in [0.15, 0.2) is 6.29 Å². The van der Waals surface area contributed by atoms with E-state index in [0.717, 1.165) is 38.5 Å². The zero-order valence-corrected chi connectivity index (χ0v) is 35.4. The van der Waals surface area contributed by atoms with Gasteiger partial charge in [-0.15, -0.1) is 0 Å². The van der Waals surface area contributed by atoms with Crippen LogP contribution >= 0.6 is 0 Å². The lowest BCUT2D eigenvalue weighted by Gasteiger charge is -2.41. The zero-order chi connectivity index (χ0) is 41.4. The molecule has 0 aromatic rings. The van der Waals surface area contributed by atoms with Crippen molar-refractivity contribution < 1.29 is 57.0 Å². The van der Waals surface area contributed by atoms with Crippen molar-refractivity contribution >= 4 is 16.3 Å². The van der Waals surface area contributed by atoms with Crippen LogP contribution in [0.1, 0.15) is 174 Å². The molecule has 56 heavy (non-hydrogen) atoms. The zero-order valence-electron chi connectivity index (χ0n) is 34.6. The third kappa shape index (κ3) is 25.8. The van der Waals surface area contributed by atoms with Crippen molar-refractivity contribution in [3.63, 3.8) is 0 Å². The molecule has 330 valence electrons. The molecule has 0 aliphatic carbocycles. The second kappa shape index (κ2) is 33.4. The predicted octanol–water partition coefficient (Wildman–Crippen LogP) is 6.74. The highest BCUT2D eigenvalue weighted by Crippen LogP contribution is 2.26. The summed E-state index contributed by atoms with van der Waals surface area (Å²) in [5.41, 5.74) is 0. The molecule has 0 spiro atoms. The fraction of sp³-hybridized carbons (Fsp3) is 0.881. The minimum Gasteiger partial charge on any atom is -0.394 e. The number of amides is 1. The van der Waals surface area contributed by atoms with Gasteiger partial charge in [-0.25, -0.2) is 4.18 Å². The lowest BCUT2D eigenvalue weighted by atomic mass is 9.99. The average Bonchev–Trinajstić information content (AvgIpc) is 3.16. The molecule has 1 amide bonds. The van der Waals surface area contributed by atoms with E-state index in [1.807, 2.05) is 6.08 Å². The van der Waals surface area contributed by atoms with E-state index >= 15 is 0 Å². The third-order valence-electron chi connectivity index (χ3n) is 10.3. The molecule has 13 nitrogen and oxygen atoms in total. The molecule has 0 aromatic carbocycles. The van der Waals surface area contributed by atoms with E-state index < -0.39 is 78.5 Å². The Labute approximate surface area is 338 Å². The van der Waals surface area contributed by atoms with Crippen molar-refractivity contribution in [2.24, 2.45) is 0 Å². The van der Waals surface area contributed by atoms with Crippen molar-refractivity contribution in [1.29, 1.82) is 0 Å².